The molecule has 0 spiro atoms. The van der Waals surface area contributed by atoms with Gasteiger partial charge in [0.2, 0.25) is 0 Å². The minimum atomic E-state index is -0.825. The average Bonchev–Trinajstić information content (AvgIpc) is 2.95. The van der Waals surface area contributed by atoms with E-state index >= 15 is 0 Å². The average molecular weight is 256 g/mol. The van der Waals surface area contributed by atoms with Crippen LogP contribution in [0.3, 0.4) is 0 Å². The quantitative estimate of drug-likeness (QED) is 0.786. The Hall–Kier alpha value is -1.30. The number of hydrogen-bond acceptors (Lipinski definition) is 3. The van der Waals surface area contributed by atoms with Gasteiger partial charge in [-0.05, 0) is 19.8 Å². The number of likely N-dealkylation sites (tertiary alicyclic amines) is 2. The van der Waals surface area contributed by atoms with E-state index in [-0.39, 0.29) is 12.1 Å². The predicted molar refractivity (Wildman–Crippen MR) is 64.3 cm³/mol. The minimum absolute atomic E-state index is 0.0560. The number of aliphatic carboxylic acids is 1. The number of amides is 2. The Balaban J connectivity index is 1.94. The monoisotopic (exact) mass is 256 g/mol. The Labute approximate surface area is 106 Å². The van der Waals surface area contributed by atoms with Crippen molar-refractivity contribution in [3.05, 3.63) is 0 Å². The van der Waals surface area contributed by atoms with Crippen LogP contribution in [0, 0.1) is 5.41 Å². The lowest BCUT2D eigenvalue weighted by Crippen LogP contribution is -2.43. The van der Waals surface area contributed by atoms with E-state index < -0.39 is 11.4 Å². The SMILES string of the molecule is COC1CCN(C(=O)N2CCC(C)(C(=O)O)C2)C1. The summed E-state index contributed by atoms with van der Waals surface area (Å²) in [6, 6.07) is -0.0560. The van der Waals surface area contributed by atoms with Gasteiger partial charge < -0.3 is 19.6 Å². The van der Waals surface area contributed by atoms with Crippen LogP contribution in [0.1, 0.15) is 19.8 Å². The van der Waals surface area contributed by atoms with Crippen molar-refractivity contribution >= 4 is 12.0 Å². The second-order valence-corrected chi connectivity index (χ2v) is 5.41. The van der Waals surface area contributed by atoms with E-state index in [1.165, 1.54) is 0 Å². The van der Waals surface area contributed by atoms with Crippen LogP contribution in [-0.2, 0) is 9.53 Å². The molecule has 0 bridgehead atoms. The van der Waals surface area contributed by atoms with Crippen LogP contribution in [0.15, 0.2) is 0 Å². The third-order valence-corrected chi connectivity index (χ3v) is 4.01. The molecule has 2 amide bonds. The summed E-state index contributed by atoms with van der Waals surface area (Å²) in [6.45, 7) is 3.82. The Morgan fingerprint density at radius 1 is 1.33 bits per heavy atom. The molecule has 2 heterocycles. The number of ether oxygens (including phenoxy) is 1. The molecule has 2 rings (SSSR count). The summed E-state index contributed by atoms with van der Waals surface area (Å²) in [4.78, 5) is 26.8. The maximum atomic E-state index is 12.2. The fourth-order valence-corrected chi connectivity index (χ4v) is 2.59. The van der Waals surface area contributed by atoms with E-state index in [2.05, 4.69) is 0 Å². The van der Waals surface area contributed by atoms with Crippen LogP contribution >= 0.6 is 0 Å². The number of rotatable bonds is 2. The standard InChI is InChI=1S/C12H20N2O4/c1-12(10(15)16)4-6-14(8-12)11(17)13-5-3-9(7-13)18-2/h9H,3-8H2,1-2H3,(H,15,16). The molecule has 18 heavy (non-hydrogen) atoms. The van der Waals surface area contributed by atoms with E-state index in [0.29, 0.717) is 32.6 Å². The third kappa shape index (κ3) is 2.29. The van der Waals surface area contributed by atoms with Crippen LogP contribution in [0.25, 0.3) is 0 Å². The largest absolute Gasteiger partial charge is 0.481 e. The normalized spacial score (nSPS) is 32.0. The Morgan fingerprint density at radius 2 is 2.06 bits per heavy atom. The topological polar surface area (TPSA) is 70.1 Å². The Kier molecular flexibility index (Phi) is 3.47. The number of carboxylic acid groups (broad SMARTS) is 1. The van der Waals surface area contributed by atoms with E-state index in [9.17, 15) is 9.59 Å². The van der Waals surface area contributed by atoms with Crippen LogP contribution in [0.5, 0.6) is 0 Å². The molecule has 0 aliphatic carbocycles. The molecule has 2 aliphatic heterocycles. The zero-order chi connectivity index (χ0) is 13.3. The van der Waals surface area contributed by atoms with Crippen LogP contribution < -0.4 is 0 Å². The first-order valence-electron chi connectivity index (χ1n) is 6.26. The smallest absolute Gasteiger partial charge is 0.320 e. The maximum Gasteiger partial charge on any atom is 0.320 e. The molecule has 2 aliphatic rings. The first kappa shape index (κ1) is 13.1. The van der Waals surface area contributed by atoms with Gasteiger partial charge in [-0.15, -0.1) is 0 Å². The summed E-state index contributed by atoms with van der Waals surface area (Å²) in [6.07, 6.45) is 1.49. The Morgan fingerprint density at radius 3 is 2.56 bits per heavy atom. The van der Waals surface area contributed by atoms with Crippen molar-refractivity contribution in [1.29, 1.82) is 0 Å². The van der Waals surface area contributed by atoms with Gasteiger partial charge in [0.15, 0.2) is 0 Å². The molecule has 2 fully saturated rings. The molecular formula is C12H20N2O4. The summed E-state index contributed by atoms with van der Waals surface area (Å²) >= 11 is 0. The zero-order valence-corrected chi connectivity index (χ0v) is 10.9. The molecule has 102 valence electrons. The first-order valence-corrected chi connectivity index (χ1v) is 6.26. The fraction of sp³-hybridized carbons (Fsp3) is 0.833. The molecule has 2 saturated heterocycles. The van der Waals surface area contributed by atoms with Gasteiger partial charge in [0.05, 0.1) is 11.5 Å². The lowest BCUT2D eigenvalue weighted by molar-refractivity contribution is -0.147. The van der Waals surface area contributed by atoms with Gasteiger partial charge in [-0.25, -0.2) is 4.79 Å². The highest BCUT2D eigenvalue weighted by Crippen LogP contribution is 2.31. The van der Waals surface area contributed by atoms with Crippen LogP contribution in [0.2, 0.25) is 0 Å². The summed E-state index contributed by atoms with van der Waals surface area (Å²) in [7, 11) is 1.65. The van der Waals surface area contributed by atoms with Gasteiger partial charge in [0, 0.05) is 33.3 Å². The molecule has 0 saturated carbocycles. The van der Waals surface area contributed by atoms with Gasteiger partial charge in [-0.1, -0.05) is 0 Å². The van der Waals surface area contributed by atoms with E-state index in [0.717, 1.165) is 6.42 Å². The van der Waals surface area contributed by atoms with E-state index in [1.807, 2.05) is 0 Å². The predicted octanol–water partition coefficient (Wildman–Crippen LogP) is 0.624. The third-order valence-electron chi connectivity index (χ3n) is 4.01. The number of nitrogens with zero attached hydrogens (tertiary/aromatic N) is 2. The summed E-state index contributed by atoms with van der Waals surface area (Å²) in [5.41, 5.74) is -0.796. The van der Waals surface area contributed by atoms with Crippen molar-refractivity contribution in [2.75, 3.05) is 33.3 Å². The number of hydrogen-bond donors (Lipinski definition) is 1. The van der Waals surface area contributed by atoms with Crippen LogP contribution in [0.4, 0.5) is 4.79 Å². The molecule has 0 aromatic carbocycles. The molecule has 6 nitrogen and oxygen atoms in total. The van der Waals surface area contributed by atoms with Crippen LogP contribution in [-0.4, -0.2) is 66.3 Å². The first-order chi connectivity index (χ1) is 8.46. The van der Waals surface area contributed by atoms with Gasteiger partial charge in [-0.2, -0.15) is 0 Å². The van der Waals surface area contributed by atoms with Gasteiger partial charge in [-0.3, -0.25) is 4.79 Å². The molecule has 6 heteroatoms. The Bertz CT molecular complexity index is 360. The summed E-state index contributed by atoms with van der Waals surface area (Å²) in [5.74, 6) is -0.825. The van der Waals surface area contributed by atoms with Crippen molar-refractivity contribution in [3.63, 3.8) is 0 Å². The number of methoxy groups -OCH3 is 1. The maximum absolute atomic E-state index is 12.2. The van der Waals surface area contributed by atoms with Crippen molar-refractivity contribution in [2.45, 2.75) is 25.9 Å². The number of urea groups is 1. The van der Waals surface area contributed by atoms with Crippen molar-refractivity contribution < 1.29 is 19.4 Å². The zero-order valence-electron chi connectivity index (χ0n) is 10.9. The lowest BCUT2D eigenvalue weighted by Gasteiger charge is -2.25. The summed E-state index contributed by atoms with van der Waals surface area (Å²) < 4.78 is 5.23. The fourth-order valence-electron chi connectivity index (χ4n) is 2.59. The molecule has 1 N–H and O–H groups in total. The highest BCUT2D eigenvalue weighted by atomic mass is 16.5. The number of carboxylic acids is 1. The minimum Gasteiger partial charge on any atom is -0.481 e. The highest BCUT2D eigenvalue weighted by Gasteiger charge is 2.43. The van der Waals surface area contributed by atoms with Gasteiger partial charge >= 0.3 is 12.0 Å². The van der Waals surface area contributed by atoms with Gasteiger partial charge in [0.25, 0.3) is 0 Å². The number of carbonyl (C=O) groups excluding carboxylic acids is 1. The van der Waals surface area contributed by atoms with Gasteiger partial charge in [0.1, 0.15) is 0 Å². The second kappa shape index (κ2) is 4.76. The molecule has 0 aromatic rings. The van der Waals surface area contributed by atoms with Crippen molar-refractivity contribution in [3.8, 4) is 0 Å². The highest BCUT2D eigenvalue weighted by molar-refractivity contribution is 5.79. The molecular weight excluding hydrogens is 236 g/mol. The number of carbonyl (C=O) groups is 2. The molecule has 0 aromatic heterocycles. The van der Waals surface area contributed by atoms with E-state index in [1.54, 1.807) is 23.8 Å². The van der Waals surface area contributed by atoms with Crippen molar-refractivity contribution in [1.82, 2.24) is 9.80 Å². The molecule has 2 unspecified atom stereocenters. The lowest BCUT2D eigenvalue weighted by atomic mass is 9.90. The molecule has 2 atom stereocenters. The van der Waals surface area contributed by atoms with E-state index in [4.69, 9.17) is 9.84 Å². The van der Waals surface area contributed by atoms with Crippen molar-refractivity contribution in [2.24, 2.45) is 5.41 Å². The second-order valence-electron chi connectivity index (χ2n) is 5.41. The summed E-state index contributed by atoms with van der Waals surface area (Å²) in [5, 5.41) is 9.15. The molecule has 0 radical (unpaired) electrons.